The van der Waals surface area contributed by atoms with Gasteiger partial charge in [0.2, 0.25) is 0 Å². The van der Waals surface area contributed by atoms with Crippen LogP contribution in [0.15, 0.2) is 24.3 Å². The summed E-state index contributed by atoms with van der Waals surface area (Å²) >= 11 is 0. The van der Waals surface area contributed by atoms with Crippen molar-refractivity contribution in [2.75, 3.05) is 12.3 Å². The van der Waals surface area contributed by atoms with E-state index in [0.29, 0.717) is 15.8 Å². The number of rotatable bonds is 3. The van der Waals surface area contributed by atoms with Crippen LogP contribution in [0.3, 0.4) is 0 Å². The minimum Gasteiger partial charge on any atom is -0.741 e. The van der Waals surface area contributed by atoms with E-state index < -0.39 is 15.6 Å². The smallest absolute Gasteiger partial charge is 0.485 e. The van der Waals surface area contributed by atoms with E-state index in [0.717, 1.165) is 22.6 Å². The van der Waals surface area contributed by atoms with Crippen LogP contribution in [0.1, 0.15) is 79.1 Å². The predicted molar refractivity (Wildman–Crippen MR) is 132 cm³/mol. The predicted octanol–water partition coefficient (Wildman–Crippen LogP) is 7.81. The van der Waals surface area contributed by atoms with Gasteiger partial charge in [0.15, 0.2) is 10.1 Å². The maximum atomic E-state index is 10.7. The van der Waals surface area contributed by atoms with E-state index in [9.17, 15) is 13.2 Å². The normalized spacial score (nSPS) is 29.6. The Hall–Kier alpha value is 0.663. The monoisotopic (exact) mass is 618 g/mol. The van der Waals surface area contributed by atoms with Gasteiger partial charge >= 0.3 is 5.51 Å². The molecule has 3 nitrogen and oxygen atoms in total. The Morgan fingerprint density at radius 2 is 0.939 bits per heavy atom. The van der Waals surface area contributed by atoms with Crippen molar-refractivity contribution < 1.29 is 45.6 Å². The summed E-state index contributed by atoms with van der Waals surface area (Å²) in [5, 5.41) is 0. The van der Waals surface area contributed by atoms with Crippen LogP contribution in [-0.4, -0.2) is 53.4 Å². The Morgan fingerprint density at radius 1 is 0.727 bits per heavy atom. The second-order valence-corrected chi connectivity index (χ2v) is 16.9. The molecule has 2 heterocycles. The summed E-state index contributed by atoms with van der Waals surface area (Å²) in [7, 11) is -5.30. The Balaban J connectivity index is 0.000000512. The molecule has 0 aromatic rings. The molecule has 33 heavy (non-hydrogen) atoms. The number of hydrogen-bond acceptors (Lipinski definition) is 3. The zero-order valence-corrected chi connectivity index (χ0v) is 24.4. The quantitative estimate of drug-likeness (QED) is 0.107. The molecular formula is C23H40F3O3P2RhS-. The molecule has 0 N–H and O–H groups in total. The Bertz CT molecular complexity index is 632. The zero-order chi connectivity index (χ0) is 24.4. The zero-order valence-electron chi connectivity index (χ0n) is 20.2. The van der Waals surface area contributed by atoms with Crippen LogP contribution < -0.4 is 0 Å². The van der Waals surface area contributed by atoms with Crippen molar-refractivity contribution >= 4 is 26.0 Å². The summed E-state index contributed by atoms with van der Waals surface area (Å²) in [5.41, 5.74) is -1.34. The van der Waals surface area contributed by atoms with Gasteiger partial charge in [0, 0.05) is 19.5 Å². The molecule has 0 saturated carbocycles. The third-order valence-electron chi connectivity index (χ3n) is 6.50. The molecule has 0 aromatic heterocycles. The van der Waals surface area contributed by atoms with Crippen LogP contribution in [-0.2, 0) is 29.6 Å². The summed E-state index contributed by atoms with van der Waals surface area (Å²) in [6.07, 6.45) is 23.3. The molecule has 0 bridgehead atoms. The summed E-state index contributed by atoms with van der Waals surface area (Å²) in [6.45, 7) is 10.1. The van der Waals surface area contributed by atoms with Gasteiger partial charge in [-0.05, 0) is 86.3 Å². The van der Waals surface area contributed by atoms with Crippen molar-refractivity contribution in [3.63, 3.8) is 0 Å². The summed E-state index contributed by atoms with van der Waals surface area (Å²) in [5.74, 6) is 0. The molecule has 0 aromatic carbocycles. The molecule has 4 atom stereocenters. The van der Waals surface area contributed by atoms with Gasteiger partial charge < -0.3 is 4.55 Å². The molecule has 1 radical (unpaired) electrons. The third kappa shape index (κ3) is 13.0. The SMILES string of the molecule is C1=CCC/C=C\CC1.C[C@H]1CC[C@H](C)P1CCP1[C@@H](C)CC[C@@H]1C.O=S(=O)([O-])C(F)(F)F.[Rh]. The van der Waals surface area contributed by atoms with E-state index in [1.807, 2.05) is 0 Å². The summed E-state index contributed by atoms with van der Waals surface area (Å²) in [6, 6.07) is 0. The van der Waals surface area contributed by atoms with E-state index in [4.69, 9.17) is 13.0 Å². The molecule has 0 unspecified atom stereocenters. The largest absolute Gasteiger partial charge is 0.741 e. The topological polar surface area (TPSA) is 57.2 Å². The molecule has 0 amide bonds. The fourth-order valence-electron chi connectivity index (χ4n) is 4.47. The fourth-order valence-corrected chi connectivity index (χ4v) is 11.7. The first-order valence-corrected chi connectivity index (χ1v) is 16.4. The standard InChI is InChI=1S/C14H28P2.C8H12.CHF3O3S.Rh/c1-11-5-6-12(2)15(11)9-10-16-13(3)7-8-14(16)4;1-2-4-6-8-7-5-3-1;2-1(3,4)8(5,6)7;/h11-14H,5-10H2,1-4H3;1-2,7-8H,3-6H2;(H,5,6,7);/p-1/b;2-1-,8-7?;;/t11-,12-,13-,14-;;;/m0.../s1. The number of alkyl halides is 3. The van der Waals surface area contributed by atoms with Gasteiger partial charge in [0.25, 0.3) is 0 Å². The van der Waals surface area contributed by atoms with Crippen LogP contribution in [0.5, 0.6) is 0 Å². The van der Waals surface area contributed by atoms with E-state index in [1.54, 1.807) is 12.3 Å². The van der Waals surface area contributed by atoms with Crippen LogP contribution in [0.2, 0.25) is 0 Å². The number of hydrogen-bond donors (Lipinski definition) is 0. The molecule has 2 saturated heterocycles. The van der Waals surface area contributed by atoms with Crippen molar-refractivity contribution in [3.05, 3.63) is 24.3 Å². The Labute approximate surface area is 214 Å². The second kappa shape index (κ2) is 16.4. The van der Waals surface area contributed by atoms with Gasteiger partial charge in [0.1, 0.15) is 0 Å². The van der Waals surface area contributed by atoms with Crippen molar-refractivity contribution in [3.8, 4) is 0 Å². The third-order valence-corrected chi connectivity index (χ3v) is 14.5. The maximum Gasteiger partial charge on any atom is 0.485 e. The van der Waals surface area contributed by atoms with Crippen LogP contribution in [0.4, 0.5) is 13.2 Å². The summed E-state index contributed by atoms with van der Waals surface area (Å²) in [4.78, 5) is 0. The van der Waals surface area contributed by atoms with Crippen LogP contribution in [0.25, 0.3) is 0 Å². The molecule has 3 rings (SSSR count). The van der Waals surface area contributed by atoms with Crippen molar-refractivity contribution in [2.24, 2.45) is 0 Å². The van der Waals surface area contributed by atoms with Crippen LogP contribution >= 0.6 is 15.8 Å². The van der Waals surface area contributed by atoms with E-state index in [1.165, 1.54) is 51.4 Å². The molecule has 3 aliphatic rings. The van der Waals surface area contributed by atoms with Gasteiger partial charge in [-0.3, -0.25) is 0 Å². The van der Waals surface area contributed by atoms with Gasteiger partial charge in [-0.25, -0.2) is 8.42 Å². The first kappa shape index (κ1) is 33.7. The average molecular weight is 618 g/mol. The average Bonchev–Trinajstić information content (AvgIpc) is 3.14. The Kier molecular flexibility index (Phi) is 16.7. The van der Waals surface area contributed by atoms with Crippen LogP contribution in [0, 0.1) is 0 Å². The van der Waals surface area contributed by atoms with Gasteiger partial charge in [-0.15, -0.1) is 15.8 Å². The number of halogens is 3. The second-order valence-electron chi connectivity index (χ2n) is 9.02. The van der Waals surface area contributed by atoms with Crippen molar-refractivity contribution in [1.29, 1.82) is 0 Å². The minimum atomic E-state index is -6.09. The van der Waals surface area contributed by atoms with Gasteiger partial charge in [-0.1, -0.05) is 52.0 Å². The molecule has 1 aliphatic carbocycles. The first-order chi connectivity index (χ1) is 14.8. The Morgan fingerprint density at radius 3 is 1.12 bits per heavy atom. The molecule has 0 spiro atoms. The van der Waals surface area contributed by atoms with Gasteiger partial charge in [0.05, 0.1) is 0 Å². The molecular weight excluding hydrogens is 578 g/mol. The van der Waals surface area contributed by atoms with E-state index in [2.05, 4.69) is 52.0 Å². The fraction of sp³-hybridized carbons (Fsp3) is 0.826. The number of allylic oxidation sites excluding steroid dienone is 4. The van der Waals surface area contributed by atoms with E-state index >= 15 is 0 Å². The first-order valence-electron chi connectivity index (χ1n) is 11.7. The minimum absolute atomic E-state index is 0. The molecule has 2 fully saturated rings. The molecule has 197 valence electrons. The van der Waals surface area contributed by atoms with Crippen molar-refractivity contribution in [2.45, 2.75) is 107 Å². The maximum absolute atomic E-state index is 10.7. The molecule has 2 aliphatic heterocycles. The van der Waals surface area contributed by atoms with E-state index in [-0.39, 0.29) is 19.5 Å². The molecule has 10 heteroatoms. The summed E-state index contributed by atoms with van der Waals surface area (Å²) < 4.78 is 58.9. The van der Waals surface area contributed by atoms with Gasteiger partial charge in [-0.2, -0.15) is 13.2 Å². The van der Waals surface area contributed by atoms with Crippen molar-refractivity contribution in [1.82, 2.24) is 0 Å².